The highest BCUT2D eigenvalue weighted by Gasteiger charge is 2.24. The minimum atomic E-state index is 0.630. The van der Waals surface area contributed by atoms with Crippen LogP contribution in [0.25, 0.3) is 0 Å². The fraction of sp³-hybridized carbons (Fsp3) is 0.588. The van der Waals surface area contributed by atoms with Crippen LogP contribution >= 0.6 is 0 Å². The molecule has 4 heteroatoms. The number of benzene rings is 1. The van der Waals surface area contributed by atoms with Gasteiger partial charge in [-0.1, -0.05) is 29.8 Å². The maximum absolute atomic E-state index is 5.25. The quantitative estimate of drug-likeness (QED) is 0.666. The molecule has 1 aliphatic rings. The Labute approximate surface area is 128 Å². The van der Waals surface area contributed by atoms with Crippen molar-refractivity contribution in [2.75, 3.05) is 40.4 Å². The summed E-state index contributed by atoms with van der Waals surface area (Å²) >= 11 is 0. The molecule has 21 heavy (non-hydrogen) atoms. The van der Waals surface area contributed by atoms with Gasteiger partial charge in [0, 0.05) is 39.7 Å². The van der Waals surface area contributed by atoms with Gasteiger partial charge in [0.15, 0.2) is 5.96 Å². The molecule has 1 unspecified atom stereocenters. The van der Waals surface area contributed by atoms with Crippen molar-refractivity contribution in [1.82, 2.24) is 10.2 Å². The standard InChI is InChI=1S/C17H27N3O/c1-14-5-4-6-15(11-14)7-9-19-17(18-2)20-10-8-16(12-20)13-21-3/h4-6,11,16H,7-10,12-13H2,1-3H3,(H,18,19). The molecule has 0 amide bonds. The number of aliphatic imine (C=N–C) groups is 1. The summed E-state index contributed by atoms with van der Waals surface area (Å²) in [5.74, 6) is 1.64. The summed E-state index contributed by atoms with van der Waals surface area (Å²) in [5, 5.41) is 3.48. The molecule has 116 valence electrons. The number of rotatable bonds is 5. The Bertz CT molecular complexity index is 473. The van der Waals surface area contributed by atoms with E-state index in [-0.39, 0.29) is 0 Å². The van der Waals surface area contributed by atoms with E-state index in [2.05, 4.69) is 46.4 Å². The number of likely N-dealkylation sites (tertiary alicyclic amines) is 1. The van der Waals surface area contributed by atoms with E-state index >= 15 is 0 Å². The molecule has 0 saturated carbocycles. The summed E-state index contributed by atoms with van der Waals surface area (Å²) in [6, 6.07) is 8.68. The van der Waals surface area contributed by atoms with Crippen LogP contribution in [0.3, 0.4) is 0 Å². The average molecular weight is 289 g/mol. The third kappa shape index (κ3) is 4.74. The van der Waals surface area contributed by atoms with Crippen molar-refractivity contribution in [2.24, 2.45) is 10.9 Å². The van der Waals surface area contributed by atoms with Crippen molar-refractivity contribution in [3.63, 3.8) is 0 Å². The van der Waals surface area contributed by atoms with Crippen molar-refractivity contribution in [2.45, 2.75) is 19.8 Å². The Hall–Kier alpha value is -1.55. The Morgan fingerprint density at radius 1 is 1.48 bits per heavy atom. The van der Waals surface area contributed by atoms with Gasteiger partial charge in [-0.3, -0.25) is 4.99 Å². The summed E-state index contributed by atoms with van der Waals surface area (Å²) in [4.78, 5) is 6.74. The maximum Gasteiger partial charge on any atom is 0.193 e. The highest BCUT2D eigenvalue weighted by atomic mass is 16.5. The van der Waals surface area contributed by atoms with E-state index in [1.165, 1.54) is 17.5 Å². The number of hydrogen-bond donors (Lipinski definition) is 1. The Morgan fingerprint density at radius 2 is 2.33 bits per heavy atom. The summed E-state index contributed by atoms with van der Waals surface area (Å²) < 4.78 is 5.25. The summed E-state index contributed by atoms with van der Waals surface area (Å²) in [7, 11) is 3.64. The largest absolute Gasteiger partial charge is 0.384 e. The third-order valence-corrected chi connectivity index (χ3v) is 3.98. The summed E-state index contributed by atoms with van der Waals surface area (Å²) in [6.45, 7) is 6.00. The Morgan fingerprint density at radius 3 is 3.05 bits per heavy atom. The van der Waals surface area contributed by atoms with Gasteiger partial charge in [-0.25, -0.2) is 0 Å². The number of aryl methyl sites for hydroxylation is 1. The zero-order valence-electron chi connectivity index (χ0n) is 13.4. The molecule has 1 aromatic rings. The van der Waals surface area contributed by atoms with Gasteiger partial charge in [0.1, 0.15) is 0 Å². The molecule has 0 aliphatic carbocycles. The first-order valence-electron chi connectivity index (χ1n) is 7.73. The van der Waals surface area contributed by atoms with Crippen molar-refractivity contribution < 1.29 is 4.74 Å². The van der Waals surface area contributed by atoms with E-state index in [4.69, 9.17) is 4.74 Å². The van der Waals surface area contributed by atoms with Gasteiger partial charge in [-0.05, 0) is 25.3 Å². The number of nitrogens with one attached hydrogen (secondary N) is 1. The highest BCUT2D eigenvalue weighted by molar-refractivity contribution is 5.80. The summed E-state index contributed by atoms with van der Waals surface area (Å²) in [5.41, 5.74) is 2.69. The van der Waals surface area contributed by atoms with E-state index in [0.29, 0.717) is 5.92 Å². The van der Waals surface area contributed by atoms with Crippen LogP contribution in [0.2, 0.25) is 0 Å². The fourth-order valence-electron chi connectivity index (χ4n) is 2.92. The zero-order chi connectivity index (χ0) is 15.1. The second-order valence-corrected chi connectivity index (χ2v) is 5.77. The third-order valence-electron chi connectivity index (χ3n) is 3.98. The highest BCUT2D eigenvalue weighted by Crippen LogP contribution is 2.16. The molecule has 0 spiro atoms. The van der Waals surface area contributed by atoms with Gasteiger partial charge in [-0.2, -0.15) is 0 Å². The van der Waals surface area contributed by atoms with Gasteiger partial charge in [0.05, 0.1) is 6.61 Å². The molecule has 1 fully saturated rings. The first-order valence-corrected chi connectivity index (χ1v) is 7.73. The second-order valence-electron chi connectivity index (χ2n) is 5.77. The SMILES string of the molecule is CN=C(NCCc1cccc(C)c1)N1CCC(COC)C1. The molecule has 1 saturated heterocycles. The smallest absolute Gasteiger partial charge is 0.193 e. The lowest BCUT2D eigenvalue weighted by Crippen LogP contribution is -2.41. The Kier molecular flexibility index (Phi) is 6.05. The molecular weight excluding hydrogens is 262 g/mol. The number of nitrogens with zero attached hydrogens (tertiary/aromatic N) is 2. The van der Waals surface area contributed by atoms with Crippen LogP contribution in [0, 0.1) is 12.8 Å². The topological polar surface area (TPSA) is 36.9 Å². The van der Waals surface area contributed by atoms with Crippen LogP contribution in [0.1, 0.15) is 17.5 Å². The number of ether oxygens (including phenoxy) is 1. The summed E-state index contributed by atoms with van der Waals surface area (Å²) in [6.07, 6.45) is 2.21. The maximum atomic E-state index is 5.25. The zero-order valence-corrected chi connectivity index (χ0v) is 13.4. The first kappa shape index (κ1) is 15.8. The molecule has 4 nitrogen and oxygen atoms in total. The normalized spacial score (nSPS) is 19.1. The predicted octanol–water partition coefficient (Wildman–Crippen LogP) is 2.08. The number of hydrogen-bond acceptors (Lipinski definition) is 2. The van der Waals surface area contributed by atoms with Crippen LogP contribution in [0.4, 0.5) is 0 Å². The van der Waals surface area contributed by atoms with Gasteiger partial charge in [-0.15, -0.1) is 0 Å². The average Bonchev–Trinajstić information content (AvgIpc) is 2.92. The molecule has 0 radical (unpaired) electrons. The molecule has 0 bridgehead atoms. The molecule has 0 aromatic heterocycles. The molecule has 1 heterocycles. The van der Waals surface area contributed by atoms with Gasteiger partial charge in [0.2, 0.25) is 0 Å². The molecule has 1 aliphatic heterocycles. The molecule has 2 rings (SSSR count). The van der Waals surface area contributed by atoms with Gasteiger partial charge < -0.3 is 15.0 Å². The molecular formula is C17H27N3O. The van der Waals surface area contributed by atoms with Crippen molar-refractivity contribution in [1.29, 1.82) is 0 Å². The molecule has 1 N–H and O–H groups in total. The predicted molar refractivity (Wildman–Crippen MR) is 87.8 cm³/mol. The van der Waals surface area contributed by atoms with E-state index < -0.39 is 0 Å². The lowest BCUT2D eigenvalue weighted by molar-refractivity contribution is 0.157. The van der Waals surface area contributed by atoms with Crippen LogP contribution in [0.5, 0.6) is 0 Å². The monoisotopic (exact) mass is 289 g/mol. The van der Waals surface area contributed by atoms with E-state index in [0.717, 1.165) is 38.6 Å². The van der Waals surface area contributed by atoms with Gasteiger partial charge >= 0.3 is 0 Å². The van der Waals surface area contributed by atoms with Crippen molar-refractivity contribution in [3.8, 4) is 0 Å². The lowest BCUT2D eigenvalue weighted by Gasteiger charge is -2.21. The minimum Gasteiger partial charge on any atom is -0.384 e. The van der Waals surface area contributed by atoms with E-state index in [1.54, 1.807) is 7.11 Å². The van der Waals surface area contributed by atoms with Crippen molar-refractivity contribution in [3.05, 3.63) is 35.4 Å². The van der Waals surface area contributed by atoms with Crippen molar-refractivity contribution >= 4 is 5.96 Å². The van der Waals surface area contributed by atoms with Crippen LogP contribution in [-0.4, -0.2) is 51.3 Å². The number of methoxy groups -OCH3 is 1. The lowest BCUT2D eigenvalue weighted by atomic mass is 10.1. The van der Waals surface area contributed by atoms with Gasteiger partial charge in [0.25, 0.3) is 0 Å². The van der Waals surface area contributed by atoms with Crippen LogP contribution in [-0.2, 0) is 11.2 Å². The van der Waals surface area contributed by atoms with E-state index in [9.17, 15) is 0 Å². The first-order chi connectivity index (χ1) is 10.2. The van der Waals surface area contributed by atoms with Crippen LogP contribution < -0.4 is 5.32 Å². The van der Waals surface area contributed by atoms with E-state index in [1.807, 2.05) is 7.05 Å². The number of guanidine groups is 1. The fourth-order valence-corrected chi connectivity index (χ4v) is 2.92. The second kappa shape index (κ2) is 8.03. The molecule has 1 atom stereocenters. The molecule has 1 aromatic carbocycles. The Balaban J connectivity index is 1.78. The van der Waals surface area contributed by atoms with Crippen LogP contribution in [0.15, 0.2) is 29.3 Å². The minimum absolute atomic E-state index is 0.630.